The van der Waals surface area contributed by atoms with Crippen molar-refractivity contribution in [2.24, 2.45) is 16.3 Å². The maximum Gasteiger partial charge on any atom is 0.270 e. The number of benzene rings is 3. The summed E-state index contributed by atoms with van der Waals surface area (Å²) in [5, 5.41) is 15.3. The number of carbonyl (C=O) groups excluding carboxylic acids is 1. The van der Waals surface area contributed by atoms with Crippen molar-refractivity contribution in [3.63, 3.8) is 0 Å². The molecule has 1 aromatic heterocycles. The van der Waals surface area contributed by atoms with E-state index in [1.54, 1.807) is 29.7 Å². The van der Waals surface area contributed by atoms with Crippen LogP contribution >= 0.6 is 23.1 Å². The van der Waals surface area contributed by atoms with Crippen LogP contribution < -0.4 is 5.32 Å². The first kappa shape index (κ1) is 28.8. The third kappa shape index (κ3) is 6.77. The third-order valence-electron chi connectivity index (χ3n) is 7.50. The predicted octanol–water partition coefficient (Wildman–Crippen LogP) is 9.27. The molecule has 1 N–H and O–H groups in total. The van der Waals surface area contributed by atoms with Crippen molar-refractivity contribution < 1.29 is 9.72 Å². The monoisotopic (exact) mass is 583 g/mol. The van der Waals surface area contributed by atoms with Gasteiger partial charge in [-0.15, -0.1) is 11.3 Å². The number of non-ortho nitro benzene ring substituents is 1. The number of nitro benzene ring substituents is 1. The van der Waals surface area contributed by atoms with Gasteiger partial charge in [0.25, 0.3) is 11.6 Å². The summed E-state index contributed by atoms with van der Waals surface area (Å²) in [7, 11) is 0. The standard InChI is InChI=1S/C33H33N3O3S2/c1-21-10-14-26(15-11-21)40-28-17-13-25(36(38)39)18-22(28)20-34-32-30(31(37)35-24-8-6-5-7-9-24)27-16-12-23(33(2,3)4)19-29(27)41-32/h5-11,13-15,17-18,20,23H,12,16,19H2,1-4H3,(H,35,37)/t23-/m1/s1. The van der Waals surface area contributed by atoms with Gasteiger partial charge in [0.2, 0.25) is 0 Å². The summed E-state index contributed by atoms with van der Waals surface area (Å²) < 4.78 is 0. The number of nitrogens with one attached hydrogen (secondary N) is 1. The Hall–Kier alpha value is -3.75. The van der Waals surface area contributed by atoms with E-state index >= 15 is 0 Å². The molecule has 0 radical (unpaired) electrons. The molecule has 0 fully saturated rings. The Kier molecular flexibility index (Phi) is 8.42. The minimum atomic E-state index is -0.396. The molecule has 6 nitrogen and oxygen atoms in total. The molecule has 5 rings (SSSR count). The topological polar surface area (TPSA) is 84.6 Å². The number of aliphatic imine (C=N–C) groups is 1. The molecule has 41 heavy (non-hydrogen) atoms. The number of amides is 1. The average molecular weight is 584 g/mol. The van der Waals surface area contributed by atoms with Crippen LogP contribution in [0.4, 0.5) is 16.4 Å². The summed E-state index contributed by atoms with van der Waals surface area (Å²) in [5.74, 6) is 0.341. The Morgan fingerprint density at radius 3 is 2.51 bits per heavy atom. The molecular formula is C33H33N3O3S2. The van der Waals surface area contributed by atoms with Crippen molar-refractivity contribution in [2.75, 3.05) is 5.32 Å². The number of fused-ring (bicyclic) bond motifs is 1. The molecule has 0 unspecified atom stereocenters. The Balaban J connectivity index is 1.54. The van der Waals surface area contributed by atoms with Crippen molar-refractivity contribution in [3.8, 4) is 0 Å². The second kappa shape index (κ2) is 12.0. The van der Waals surface area contributed by atoms with Crippen LogP contribution in [-0.4, -0.2) is 17.0 Å². The molecule has 4 aromatic rings. The number of aryl methyl sites for hydroxylation is 1. The molecule has 1 heterocycles. The van der Waals surface area contributed by atoms with Crippen LogP contribution in [0.3, 0.4) is 0 Å². The fourth-order valence-electron chi connectivity index (χ4n) is 5.06. The highest BCUT2D eigenvalue weighted by Gasteiger charge is 2.33. The van der Waals surface area contributed by atoms with Gasteiger partial charge in [0.15, 0.2) is 0 Å². The van der Waals surface area contributed by atoms with Crippen LogP contribution in [0.5, 0.6) is 0 Å². The molecule has 0 saturated carbocycles. The Bertz CT molecular complexity index is 1600. The zero-order chi connectivity index (χ0) is 29.1. The summed E-state index contributed by atoms with van der Waals surface area (Å²) in [6, 6.07) is 22.4. The summed E-state index contributed by atoms with van der Waals surface area (Å²) in [6.45, 7) is 8.85. The maximum atomic E-state index is 13.7. The fraction of sp³-hybridized carbons (Fsp3) is 0.273. The number of hydrogen-bond donors (Lipinski definition) is 1. The minimum absolute atomic E-state index is 0.000225. The van der Waals surface area contributed by atoms with Gasteiger partial charge in [-0.3, -0.25) is 14.9 Å². The SMILES string of the molecule is Cc1ccc(Sc2ccc([N+](=O)[O-])cc2C=Nc2sc3c(c2C(=O)Nc2ccccc2)CC[C@@H](C(C)(C)C)C3)cc1. The van der Waals surface area contributed by atoms with E-state index in [0.717, 1.165) is 45.9 Å². The molecule has 8 heteroatoms. The average Bonchev–Trinajstić information content (AvgIpc) is 3.31. The summed E-state index contributed by atoms with van der Waals surface area (Å²) in [5.41, 5.74) is 4.38. The molecule has 1 amide bonds. The molecule has 3 aromatic carbocycles. The van der Waals surface area contributed by atoms with Crippen LogP contribution in [0.25, 0.3) is 0 Å². The second-order valence-corrected chi connectivity index (χ2v) is 13.7. The number of rotatable bonds is 7. The van der Waals surface area contributed by atoms with Crippen molar-refractivity contribution in [2.45, 2.75) is 56.7 Å². The van der Waals surface area contributed by atoms with E-state index in [0.29, 0.717) is 22.0 Å². The summed E-state index contributed by atoms with van der Waals surface area (Å²) >= 11 is 3.09. The van der Waals surface area contributed by atoms with Crippen molar-refractivity contribution >= 4 is 51.6 Å². The number of anilines is 1. The van der Waals surface area contributed by atoms with E-state index in [9.17, 15) is 14.9 Å². The van der Waals surface area contributed by atoms with Gasteiger partial charge in [-0.2, -0.15) is 0 Å². The lowest BCUT2D eigenvalue weighted by molar-refractivity contribution is -0.384. The lowest BCUT2D eigenvalue weighted by Gasteiger charge is -2.33. The van der Waals surface area contributed by atoms with Gasteiger partial charge < -0.3 is 5.32 Å². The Morgan fingerprint density at radius 2 is 1.83 bits per heavy atom. The Labute approximate surface area is 249 Å². The molecule has 0 aliphatic heterocycles. The fourth-order valence-corrected chi connectivity index (χ4v) is 7.22. The van der Waals surface area contributed by atoms with Crippen LogP contribution in [0.2, 0.25) is 0 Å². The van der Waals surface area contributed by atoms with E-state index in [4.69, 9.17) is 4.99 Å². The van der Waals surface area contributed by atoms with Crippen LogP contribution in [0, 0.1) is 28.4 Å². The van der Waals surface area contributed by atoms with Crippen LogP contribution in [0.15, 0.2) is 87.6 Å². The Morgan fingerprint density at radius 1 is 1.10 bits per heavy atom. The van der Waals surface area contributed by atoms with E-state index in [1.807, 2.05) is 61.5 Å². The molecule has 210 valence electrons. The third-order valence-corrected chi connectivity index (χ3v) is 9.77. The van der Waals surface area contributed by atoms with Gasteiger partial charge in [-0.1, -0.05) is 68.4 Å². The lowest BCUT2D eigenvalue weighted by atomic mass is 9.72. The molecule has 0 spiro atoms. The molecule has 0 saturated heterocycles. The minimum Gasteiger partial charge on any atom is -0.322 e. The van der Waals surface area contributed by atoms with E-state index in [2.05, 4.69) is 26.1 Å². The number of hydrogen-bond acceptors (Lipinski definition) is 6. The summed E-state index contributed by atoms with van der Waals surface area (Å²) in [4.78, 5) is 32.8. The highest BCUT2D eigenvalue weighted by Crippen LogP contribution is 2.45. The first-order valence-corrected chi connectivity index (χ1v) is 15.3. The lowest BCUT2D eigenvalue weighted by Crippen LogP contribution is -2.27. The van der Waals surface area contributed by atoms with Gasteiger partial charge >= 0.3 is 0 Å². The van der Waals surface area contributed by atoms with Crippen LogP contribution in [-0.2, 0) is 12.8 Å². The zero-order valence-electron chi connectivity index (χ0n) is 23.6. The smallest absolute Gasteiger partial charge is 0.270 e. The largest absolute Gasteiger partial charge is 0.322 e. The van der Waals surface area contributed by atoms with Gasteiger partial charge in [0.05, 0.1) is 10.5 Å². The van der Waals surface area contributed by atoms with Crippen molar-refractivity contribution in [1.29, 1.82) is 0 Å². The zero-order valence-corrected chi connectivity index (χ0v) is 25.3. The molecule has 1 atom stereocenters. The predicted molar refractivity (Wildman–Crippen MR) is 169 cm³/mol. The van der Waals surface area contributed by atoms with Gasteiger partial charge in [-0.05, 0) is 73.4 Å². The number of nitrogens with zero attached hydrogens (tertiary/aromatic N) is 2. The molecule has 0 bridgehead atoms. The van der Waals surface area contributed by atoms with Gasteiger partial charge in [0.1, 0.15) is 5.00 Å². The number of nitro groups is 1. The van der Waals surface area contributed by atoms with E-state index < -0.39 is 4.92 Å². The number of thiophene rings is 1. The highest BCUT2D eigenvalue weighted by molar-refractivity contribution is 7.99. The quantitative estimate of drug-likeness (QED) is 0.133. The van der Waals surface area contributed by atoms with E-state index in [-0.39, 0.29) is 17.0 Å². The summed E-state index contributed by atoms with van der Waals surface area (Å²) in [6.07, 6.45) is 4.42. The first-order valence-electron chi connectivity index (χ1n) is 13.7. The normalized spacial score (nSPS) is 15.1. The molecular weight excluding hydrogens is 551 g/mol. The molecule has 1 aliphatic carbocycles. The maximum absolute atomic E-state index is 13.7. The van der Waals surface area contributed by atoms with Crippen LogP contribution in [0.1, 0.15) is 59.1 Å². The highest BCUT2D eigenvalue weighted by atomic mass is 32.2. The van der Waals surface area contributed by atoms with Gasteiger partial charge in [-0.25, -0.2) is 4.99 Å². The van der Waals surface area contributed by atoms with Crippen molar-refractivity contribution in [3.05, 3.63) is 110 Å². The van der Waals surface area contributed by atoms with Crippen molar-refractivity contribution in [1.82, 2.24) is 0 Å². The molecule has 1 aliphatic rings. The second-order valence-electron chi connectivity index (χ2n) is 11.5. The number of para-hydroxylation sites is 1. The van der Waals surface area contributed by atoms with E-state index in [1.165, 1.54) is 22.7 Å². The van der Waals surface area contributed by atoms with Gasteiger partial charge in [0, 0.05) is 44.3 Å². The first-order chi connectivity index (χ1) is 19.6. The number of carbonyl (C=O) groups is 1.